The van der Waals surface area contributed by atoms with Crippen molar-refractivity contribution in [2.24, 2.45) is 0 Å². The van der Waals surface area contributed by atoms with E-state index in [1.807, 2.05) is 45.9 Å². The Balaban J connectivity index is 2.18. The summed E-state index contributed by atoms with van der Waals surface area (Å²) in [7, 11) is -2.52. The molecule has 6 nitrogen and oxygen atoms in total. The predicted molar refractivity (Wildman–Crippen MR) is 116 cm³/mol. The van der Waals surface area contributed by atoms with Crippen LogP contribution >= 0.6 is 11.6 Å². The summed E-state index contributed by atoms with van der Waals surface area (Å²) in [6, 6.07) is 10.0. The number of hydrogen-bond donors (Lipinski definition) is 1. The van der Waals surface area contributed by atoms with Crippen LogP contribution in [-0.4, -0.2) is 38.8 Å². The van der Waals surface area contributed by atoms with Gasteiger partial charge < -0.3 is 10.1 Å². The summed E-state index contributed by atoms with van der Waals surface area (Å²) in [6.45, 7) is 7.89. The van der Waals surface area contributed by atoms with E-state index >= 15 is 0 Å². The van der Waals surface area contributed by atoms with E-state index in [0.717, 1.165) is 21.1 Å². The number of hydrogen-bond acceptors (Lipinski definition) is 4. The predicted octanol–water partition coefficient (Wildman–Crippen LogP) is 4.43. The van der Waals surface area contributed by atoms with Crippen molar-refractivity contribution in [2.75, 3.05) is 25.5 Å². The molecule has 1 N–H and O–H groups in total. The van der Waals surface area contributed by atoms with Crippen molar-refractivity contribution >= 4 is 33.2 Å². The molecule has 0 fully saturated rings. The maximum Gasteiger partial charge on any atom is 0.243 e. The number of nitrogens with one attached hydrogen (secondary N) is 1. The maximum absolute atomic E-state index is 12.8. The SMILES string of the molecule is CCOc1ccc(S(=O)(=O)N(C)CC(=O)Nc2c(C)cccc2C(C)C)cc1Cl. The molecule has 0 spiro atoms. The van der Waals surface area contributed by atoms with Crippen LogP contribution in [0.2, 0.25) is 5.02 Å². The highest BCUT2D eigenvalue weighted by atomic mass is 35.5. The number of benzene rings is 2. The summed E-state index contributed by atoms with van der Waals surface area (Å²) in [5, 5.41) is 3.06. The average Bonchev–Trinajstić information content (AvgIpc) is 2.64. The Kier molecular flexibility index (Phi) is 7.68. The number of anilines is 1. The third-order valence-electron chi connectivity index (χ3n) is 4.47. The summed E-state index contributed by atoms with van der Waals surface area (Å²) in [5.74, 6) is 0.219. The van der Waals surface area contributed by atoms with Gasteiger partial charge in [-0.2, -0.15) is 4.31 Å². The van der Waals surface area contributed by atoms with E-state index in [2.05, 4.69) is 5.32 Å². The minimum absolute atomic E-state index is 0.0000131. The van der Waals surface area contributed by atoms with Gasteiger partial charge in [0.05, 0.1) is 23.1 Å². The Morgan fingerprint density at radius 2 is 1.93 bits per heavy atom. The van der Waals surface area contributed by atoms with Gasteiger partial charge in [0, 0.05) is 12.7 Å². The molecule has 2 rings (SSSR count). The van der Waals surface area contributed by atoms with Crippen LogP contribution in [0.15, 0.2) is 41.3 Å². The molecule has 0 aliphatic carbocycles. The molecule has 0 radical (unpaired) electrons. The molecule has 29 heavy (non-hydrogen) atoms. The highest BCUT2D eigenvalue weighted by molar-refractivity contribution is 7.89. The molecule has 0 aliphatic rings. The molecule has 0 saturated heterocycles. The van der Waals surface area contributed by atoms with Crippen molar-refractivity contribution in [1.82, 2.24) is 4.31 Å². The highest BCUT2D eigenvalue weighted by Crippen LogP contribution is 2.29. The van der Waals surface area contributed by atoms with Gasteiger partial charge in [0.2, 0.25) is 15.9 Å². The molecule has 0 saturated carbocycles. The standard InChI is InChI=1S/C21H27ClN2O4S/c1-6-28-19-11-10-16(12-18(19)22)29(26,27)24(5)13-20(25)23-21-15(4)8-7-9-17(21)14(2)3/h7-12,14H,6,13H2,1-5H3,(H,23,25). The maximum atomic E-state index is 12.8. The largest absolute Gasteiger partial charge is 0.492 e. The van der Waals surface area contributed by atoms with E-state index in [-0.39, 0.29) is 22.4 Å². The molecule has 158 valence electrons. The van der Waals surface area contributed by atoms with Crippen LogP contribution in [0.25, 0.3) is 0 Å². The third-order valence-corrected chi connectivity index (χ3v) is 6.56. The quantitative estimate of drug-likeness (QED) is 0.661. The Hall–Kier alpha value is -2.09. The van der Waals surface area contributed by atoms with Gasteiger partial charge in [-0.3, -0.25) is 4.79 Å². The van der Waals surface area contributed by atoms with Crippen molar-refractivity contribution < 1.29 is 17.9 Å². The van der Waals surface area contributed by atoms with Crippen LogP contribution in [-0.2, 0) is 14.8 Å². The van der Waals surface area contributed by atoms with Crippen molar-refractivity contribution in [3.8, 4) is 5.75 Å². The Morgan fingerprint density at radius 1 is 1.24 bits per heavy atom. The van der Waals surface area contributed by atoms with Gasteiger partial charge in [-0.15, -0.1) is 0 Å². The molecule has 0 aliphatic heterocycles. The second-order valence-electron chi connectivity index (χ2n) is 7.03. The molecule has 2 aromatic carbocycles. The van der Waals surface area contributed by atoms with Gasteiger partial charge in [0.15, 0.2) is 0 Å². The third kappa shape index (κ3) is 5.50. The molecular formula is C21H27ClN2O4S. The monoisotopic (exact) mass is 438 g/mol. The lowest BCUT2D eigenvalue weighted by Gasteiger charge is -2.20. The number of sulfonamides is 1. The van der Waals surface area contributed by atoms with Crippen LogP contribution in [0, 0.1) is 6.92 Å². The summed E-state index contributed by atoms with van der Waals surface area (Å²) in [5.41, 5.74) is 2.65. The zero-order valence-corrected chi connectivity index (χ0v) is 18.9. The normalized spacial score (nSPS) is 11.7. The van der Waals surface area contributed by atoms with Gasteiger partial charge in [0.1, 0.15) is 5.75 Å². The van der Waals surface area contributed by atoms with Crippen molar-refractivity contribution in [2.45, 2.75) is 38.5 Å². The smallest absolute Gasteiger partial charge is 0.243 e. The van der Waals surface area contributed by atoms with E-state index in [9.17, 15) is 13.2 Å². The zero-order chi connectivity index (χ0) is 21.8. The van der Waals surface area contributed by atoms with E-state index in [4.69, 9.17) is 16.3 Å². The lowest BCUT2D eigenvalue weighted by molar-refractivity contribution is -0.116. The molecule has 0 atom stereocenters. The van der Waals surface area contributed by atoms with Gasteiger partial charge in [0.25, 0.3) is 0 Å². The first-order chi connectivity index (χ1) is 13.6. The molecule has 0 unspecified atom stereocenters. The fourth-order valence-electron chi connectivity index (χ4n) is 2.90. The minimum Gasteiger partial charge on any atom is -0.492 e. The number of carbonyl (C=O) groups excluding carboxylic acids is 1. The number of carbonyl (C=O) groups is 1. The number of nitrogens with zero attached hydrogens (tertiary/aromatic N) is 1. The average molecular weight is 439 g/mol. The van der Waals surface area contributed by atoms with Gasteiger partial charge in [-0.1, -0.05) is 43.6 Å². The summed E-state index contributed by atoms with van der Waals surface area (Å²) < 4.78 is 32.0. The lowest BCUT2D eigenvalue weighted by atomic mass is 9.98. The molecule has 8 heteroatoms. The Labute approximate surface area is 177 Å². The second kappa shape index (κ2) is 9.61. The van der Waals surface area contributed by atoms with Gasteiger partial charge in [-0.05, 0) is 49.1 Å². The second-order valence-corrected chi connectivity index (χ2v) is 9.48. The van der Waals surface area contributed by atoms with Crippen LogP contribution < -0.4 is 10.1 Å². The zero-order valence-electron chi connectivity index (χ0n) is 17.3. The van der Waals surface area contributed by atoms with Gasteiger partial charge >= 0.3 is 0 Å². The van der Waals surface area contributed by atoms with E-state index in [1.165, 1.54) is 25.2 Å². The minimum atomic E-state index is -3.88. The number of rotatable bonds is 8. The van der Waals surface area contributed by atoms with Crippen molar-refractivity contribution in [3.63, 3.8) is 0 Å². The van der Waals surface area contributed by atoms with Crippen LogP contribution in [0.5, 0.6) is 5.75 Å². The Morgan fingerprint density at radius 3 is 2.52 bits per heavy atom. The first-order valence-corrected chi connectivity index (χ1v) is 11.2. The van der Waals surface area contributed by atoms with Crippen LogP contribution in [0.3, 0.4) is 0 Å². The number of ether oxygens (including phenoxy) is 1. The number of halogens is 1. The fourth-order valence-corrected chi connectivity index (χ4v) is 4.36. The Bertz CT molecular complexity index is 990. The molecule has 0 bridgehead atoms. The number of likely N-dealkylation sites (N-methyl/N-ethyl adjacent to an activating group) is 1. The highest BCUT2D eigenvalue weighted by Gasteiger charge is 2.24. The number of aryl methyl sites for hydroxylation is 1. The van der Waals surface area contributed by atoms with Crippen molar-refractivity contribution in [1.29, 1.82) is 0 Å². The first-order valence-electron chi connectivity index (χ1n) is 9.36. The van der Waals surface area contributed by atoms with Crippen LogP contribution in [0.4, 0.5) is 5.69 Å². The topological polar surface area (TPSA) is 75.7 Å². The first kappa shape index (κ1) is 23.2. The molecule has 0 heterocycles. The molecule has 2 aromatic rings. The summed E-state index contributed by atoms with van der Waals surface area (Å²) in [6.07, 6.45) is 0. The fraction of sp³-hybridized carbons (Fsp3) is 0.381. The van der Waals surface area contributed by atoms with Crippen molar-refractivity contribution in [3.05, 3.63) is 52.5 Å². The van der Waals surface area contributed by atoms with Crippen LogP contribution in [0.1, 0.15) is 37.8 Å². The van der Waals surface area contributed by atoms with E-state index in [0.29, 0.717) is 12.4 Å². The van der Waals surface area contributed by atoms with E-state index in [1.54, 1.807) is 0 Å². The lowest BCUT2D eigenvalue weighted by Crippen LogP contribution is -2.35. The summed E-state index contributed by atoms with van der Waals surface area (Å²) >= 11 is 6.11. The molecule has 0 aromatic heterocycles. The number of amides is 1. The number of para-hydroxylation sites is 1. The summed E-state index contributed by atoms with van der Waals surface area (Å²) in [4.78, 5) is 12.6. The van der Waals surface area contributed by atoms with Gasteiger partial charge in [-0.25, -0.2) is 8.42 Å². The molecule has 1 amide bonds. The van der Waals surface area contributed by atoms with E-state index < -0.39 is 15.9 Å². The molecular weight excluding hydrogens is 412 g/mol.